The minimum atomic E-state index is -0.163. The van der Waals surface area contributed by atoms with E-state index < -0.39 is 0 Å². The Morgan fingerprint density at radius 3 is 2.40 bits per heavy atom. The summed E-state index contributed by atoms with van der Waals surface area (Å²) < 4.78 is 5.23. The molecule has 3 aromatic rings. The predicted octanol–water partition coefficient (Wildman–Crippen LogP) is 4.06. The number of nitrogens with one attached hydrogen (secondary N) is 1. The lowest BCUT2D eigenvalue weighted by Crippen LogP contribution is -2.46. The summed E-state index contributed by atoms with van der Waals surface area (Å²) in [4.78, 5) is 21.6. The van der Waals surface area contributed by atoms with Crippen molar-refractivity contribution in [2.45, 2.75) is 6.54 Å². The van der Waals surface area contributed by atoms with Gasteiger partial charge in [-0.15, -0.1) is 11.3 Å². The average Bonchev–Trinajstić information content (AvgIpc) is 3.29. The first-order valence-electron chi connectivity index (χ1n) is 9.74. The number of methoxy groups -OCH3 is 1. The highest BCUT2D eigenvalue weighted by molar-refractivity contribution is 7.13. The van der Waals surface area contributed by atoms with Crippen LogP contribution >= 0.6 is 22.9 Å². The van der Waals surface area contributed by atoms with Gasteiger partial charge in [0.2, 0.25) is 0 Å². The number of carbonyl (C=O) groups is 1. The highest BCUT2D eigenvalue weighted by atomic mass is 35.5. The van der Waals surface area contributed by atoms with Gasteiger partial charge in [-0.3, -0.25) is 4.79 Å². The van der Waals surface area contributed by atoms with Crippen molar-refractivity contribution in [3.8, 4) is 5.75 Å². The van der Waals surface area contributed by atoms with Crippen LogP contribution < -0.4 is 19.9 Å². The molecule has 0 saturated carbocycles. The molecule has 0 bridgehead atoms. The molecule has 1 aliphatic rings. The fourth-order valence-corrected chi connectivity index (χ4v) is 4.32. The van der Waals surface area contributed by atoms with E-state index in [1.54, 1.807) is 7.11 Å². The number of rotatable bonds is 6. The molecule has 1 amide bonds. The van der Waals surface area contributed by atoms with E-state index >= 15 is 0 Å². The normalized spacial score (nSPS) is 13.9. The van der Waals surface area contributed by atoms with Crippen LogP contribution in [0.15, 0.2) is 53.9 Å². The molecule has 6 nitrogen and oxygen atoms in total. The zero-order valence-electron chi connectivity index (χ0n) is 16.7. The lowest BCUT2D eigenvalue weighted by Gasteiger charge is -2.36. The van der Waals surface area contributed by atoms with Gasteiger partial charge in [-0.1, -0.05) is 23.7 Å². The summed E-state index contributed by atoms with van der Waals surface area (Å²) in [6.07, 6.45) is 0. The summed E-state index contributed by atoms with van der Waals surface area (Å²) in [6, 6.07) is 15.6. The number of aromatic nitrogens is 1. The first-order valence-corrected chi connectivity index (χ1v) is 11.0. The lowest BCUT2D eigenvalue weighted by molar-refractivity contribution is 0.0946. The van der Waals surface area contributed by atoms with E-state index in [0.29, 0.717) is 17.3 Å². The third-order valence-corrected chi connectivity index (χ3v) is 6.23. The average molecular weight is 443 g/mol. The second-order valence-electron chi connectivity index (χ2n) is 7.00. The number of anilines is 2. The van der Waals surface area contributed by atoms with E-state index in [2.05, 4.69) is 32.2 Å². The van der Waals surface area contributed by atoms with Crippen molar-refractivity contribution in [3.63, 3.8) is 0 Å². The molecular formula is C22H23ClN4O2S. The van der Waals surface area contributed by atoms with E-state index in [1.165, 1.54) is 17.0 Å². The van der Waals surface area contributed by atoms with Crippen molar-refractivity contribution in [2.24, 2.45) is 0 Å². The predicted molar refractivity (Wildman–Crippen MR) is 122 cm³/mol. The third kappa shape index (κ3) is 4.86. The summed E-state index contributed by atoms with van der Waals surface area (Å²) in [5.74, 6) is 0.700. The number of hydrogen-bond donors (Lipinski definition) is 1. The van der Waals surface area contributed by atoms with E-state index in [1.807, 2.05) is 41.8 Å². The van der Waals surface area contributed by atoms with Gasteiger partial charge in [0.1, 0.15) is 11.4 Å². The molecule has 0 radical (unpaired) electrons. The summed E-state index contributed by atoms with van der Waals surface area (Å²) in [7, 11) is 1.67. The monoisotopic (exact) mass is 442 g/mol. The van der Waals surface area contributed by atoms with Gasteiger partial charge in [-0.05, 0) is 42.0 Å². The number of ether oxygens (including phenoxy) is 1. The van der Waals surface area contributed by atoms with Crippen LogP contribution in [0, 0.1) is 0 Å². The molecule has 1 saturated heterocycles. The highest BCUT2D eigenvalue weighted by Gasteiger charge is 2.21. The minimum absolute atomic E-state index is 0.163. The van der Waals surface area contributed by atoms with Crippen LogP contribution in [0.1, 0.15) is 16.1 Å². The molecule has 30 heavy (non-hydrogen) atoms. The largest absolute Gasteiger partial charge is 0.497 e. The Morgan fingerprint density at radius 1 is 1.07 bits per heavy atom. The van der Waals surface area contributed by atoms with E-state index in [4.69, 9.17) is 16.3 Å². The molecule has 156 valence electrons. The Kier molecular flexibility index (Phi) is 6.40. The Labute approximate surface area is 185 Å². The second-order valence-corrected chi connectivity index (χ2v) is 8.27. The maximum Gasteiger partial charge on any atom is 0.271 e. The van der Waals surface area contributed by atoms with Crippen LogP contribution in [0.3, 0.4) is 0 Å². The van der Waals surface area contributed by atoms with Crippen LogP contribution in [0.4, 0.5) is 10.8 Å². The third-order valence-electron chi connectivity index (χ3n) is 5.08. The molecular weight excluding hydrogens is 420 g/mol. The van der Waals surface area contributed by atoms with Crippen molar-refractivity contribution in [1.82, 2.24) is 10.3 Å². The summed E-state index contributed by atoms with van der Waals surface area (Å²) in [6.45, 7) is 3.99. The first kappa shape index (κ1) is 20.5. The Hall–Kier alpha value is -2.77. The summed E-state index contributed by atoms with van der Waals surface area (Å²) in [5, 5.41) is 6.31. The van der Waals surface area contributed by atoms with E-state index in [9.17, 15) is 4.79 Å². The molecule has 4 rings (SSSR count). The first-order chi connectivity index (χ1) is 14.6. The topological polar surface area (TPSA) is 57.7 Å². The zero-order valence-corrected chi connectivity index (χ0v) is 18.2. The van der Waals surface area contributed by atoms with Crippen LogP contribution in [0.25, 0.3) is 0 Å². The minimum Gasteiger partial charge on any atom is -0.497 e. The van der Waals surface area contributed by atoms with E-state index in [-0.39, 0.29) is 5.91 Å². The zero-order chi connectivity index (χ0) is 20.9. The molecule has 0 unspecified atom stereocenters. The van der Waals surface area contributed by atoms with Crippen molar-refractivity contribution < 1.29 is 9.53 Å². The molecule has 1 fully saturated rings. The molecule has 1 aliphatic heterocycles. The van der Waals surface area contributed by atoms with Crippen LogP contribution in [-0.2, 0) is 6.54 Å². The molecule has 0 spiro atoms. The molecule has 1 aromatic heterocycles. The standard InChI is InChI=1S/C22H23ClN4O2S/c1-29-19-8-6-18(7-9-19)26-10-12-27(13-11-26)22-25-20(15-30-22)21(28)24-14-16-2-4-17(23)5-3-16/h2-9,15H,10-14H2,1H3,(H,24,28). The molecule has 0 aliphatic carbocycles. The van der Waals surface area contributed by atoms with Gasteiger partial charge >= 0.3 is 0 Å². The number of thiazole rings is 1. The number of hydrogen-bond acceptors (Lipinski definition) is 6. The smallest absolute Gasteiger partial charge is 0.271 e. The number of benzene rings is 2. The van der Waals surface area contributed by atoms with Crippen LogP contribution in [0.5, 0.6) is 5.75 Å². The number of carbonyl (C=O) groups excluding carboxylic acids is 1. The number of halogens is 1. The van der Waals surface area contributed by atoms with E-state index in [0.717, 1.165) is 42.6 Å². The Bertz CT molecular complexity index is 983. The quantitative estimate of drug-likeness (QED) is 0.623. The van der Waals surface area contributed by atoms with Gasteiger partial charge < -0.3 is 19.9 Å². The molecule has 2 heterocycles. The summed E-state index contributed by atoms with van der Waals surface area (Å²) >= 11 is 7.41. The maximum absolute atomic E-state index is 12.4. The number of nitrogens with zero attached hydrogens (tertiary/aromatic N) is 3. The molecule has 8 heteroatoms. The SMILES string of the molecule is COc1ccc(N2CCN(c3nc(C(=O)NCc4ccc(Cl)cc4)cs3)CC2)cc1. The van der Waals surface area contributed by atoms with Crippen LogP contribution in [-0.4, -0.2) is 44.2 Å². The maximum atomic E-state index is 12.4. The van der Waals surface area contributed by atoms with Gasteiger partial charge in [-0.2, -0.15) is 0 Å². The lowest BCUT2D eigenvalue weighted by atomic mass is 10.2. The van der Waals surface area contributed by atoms with Crippen molar-refractivity contribution in [3.05, 3.63) is 70.2 Å². The molecule has 2 aromatic carbocycles. The van der Waals surface area contributed by atoms with Crippen molar-refractivity contribution >= 4 is 39.7 Å². The Balaban J connectivity index is 1.30. The highest BCUT2D eigenvalue weighted by Crippen LogP contribution is 2.25. The number of amides is 1. The number of piperazine rings is 1. The van der Waals surface area contributed by atoms with Gasteiger partial charge in [0.05, 0.1) is 7.11 Å². The summed E-state index contributed by atoms with van der Waals surface area (Å²) in [5.41, 5.74) is 2.65. The fraction of sp³-hybridized carbons (Fsp3) is 0.273. The second kappa shape index (κ2) is 9.36. The Morgan fingerprint density at radius 2 is 1.73 bits per heavy atom. The van der Waals surface area contributed by atoms with Gasteiger partial charge in [-0.25, -0.2) is 4.98 Å². The molecule has 0 atom stereocenters. The van der Waals surface area contributed by atoms with Crippen molar-refractivity contribution in [2.75, 3.05) is 43.1 Å². The van der Waals surface area contributed by atoms with Crippen LogP contribution in [0.2, 0.25) is 5.02 Å². The molecule has 1 N–H and O–H groups in total. The fourth-order valence-electron chi connectivity index (χ4n) is 3.34. The van der Waals surface area contributed by atoms with Gasteiger partial charge in [0.25, 0.3) is 5.91 Å². The van der Waals surface area contributed by atoms with Crippen molar-refractivity contribution in [1.29, 1.82) is 0 Å². The van der Waals surface area contributed by atoms with Gasteiger partial charge in [0, 0.05) is 48.8 Å². The van der Waals surface area contributed by atoms with Gasteiger partial charge in [0.15, 0.2) is 5.13 Å².